The summed E-state index contributed by atoms with van der Waals surface area (Å²) in [6.07, 6.45) is 0.882. The van der Waals surface area contributed by atoms with Crippen molar-refractivity contribution in [2.24, 2.45) is 0 Å². The predicted molar refractivity (Wildman–Crippen MR) is 68.4 cm³/mol. The first-order valence-electron chi connectivity index (χ1n) is 5.37. The number of nitrogens with zero attached hydrogens (tertiary/aromatic N) is 1. The molecule has 16 heavy (non-hydrogen) atoms. The van der Waals surface area contributed by atoms with Crippen LogP contribution in [0.4, 0.5) is 0 Å². The second-order valence-corrected chi connectivity index (χ2v) is 7.99. The molecule has 1 heterocycles. The Labute approximate surface area is 107 Å². The molecule has 1 atom stereocenters. The van der Waals surface area contributed by atoms with Gasteiger partial charge >= 0.3 is 7.67 Å². The van der Waals surface area contributed by atoms with Gasteiger partial charge in [0.25, 0.3) is 0 Å². The van der Waals surface area contributed by atoms with E-state index in [0.717, 1.165) is 13.0 Å². The molecule has 0 spiro atoms. The van der Waals surface area contributed by atoms with Gasteiger partial charge in [0.05, 0.1) is 11.5 Å². The van der Waals surface area contributed by atoms with Crippen LogP contribution in [0.25, 0.3) is 0 Å². The smallest absolute Gasteiger partial charge is 0.306 e. The van der Waals surface area contributed by atoms with Crippen LogP contribution in [0.3, 0.4) is 0 Å². The largest absolute Gasteiger partial charge is 0.343 e. The molecular weight excluding hydrogens is 270 g/mol. The topological polar surface area (TPSA) is 41.6 Å². The van der Waals surface area contributed by atoms with Gasteiger partial charge in [0.1, 0.15) is 0 Å². The molecule has 0 aliphatic carbocycles. The third kappa shape index (κ3) is 4.52. The first-order valence-corrected chi connectivity index (χ1v) is 7.86. The van der Waals surface area contributed by atoms with Crippen molar-refractivity contribution in [1.29, 1.82) is 0 Å². The molecule has 0 aromatic heterocycles. The molecule has 0 amide bonds. The van der Waals surface area contributed by atoms with Crippen molar-refractivity contribution in [3.8, 4) is 0 Å². The Morgan fingerprint density at radius 3 is 2.81 bits per heavy atom. The molecule has 1 N–H and O–H groups in total. The van der Waals surface area contributed by atoms with E-state index in [1.807, 2.05) is 13.8 Å². The Morgan fingerprint density at radius 1 is 1.56 bits per heavy atom. The van der Waals surface area contributed by atoms with Crippen LogP contribution in [0.15, 0.2) is 0 Å². The summed E-state index contributed by atoms with van der Waals surface area (Å²) in [7, 11) is -2.92. The van der Waals surface area contributed by atoms with Gasteiger partial charge in [-0.05, 0) is 20.3 Å². The van der Waals surface area contributed by atoms with Gasteiger partial charge in [0, 0.05) is 25.5 Å². The zero-order valence-electron chi connectivity index (χ0n) is 9.71. The highest BCUT2D eigenvalue weighted by Crippen LogP contribution is 2.49. The molecule has 1 unspecified atom stereocenters. The quantitative estimate of drug-likeness (QED) is 0.624. The van der Waals surface area contributed by atoms with Gasteiger partial charge in [0.15, 0.2) is 0 Å². The van der Waals surface area contributed by atoms with Crippen LogP contribution in [0.5, 0.6) is 0 Å². The number of alkyl halides is 2. The highest BCUT2D eigenvalue weighted by molar-refractivity contribution is 7.54. The maximum absolute atomic E-state index is 12.5. The summed E-state index contributed by atoms with van der Waals surface area (Å²) in [6.45, 7) is 6.00. The average molecular weight is 289 g/mol. The van der Waals surface area contributed by atoms with Crippen LogP contribution in [0.1, 0.15) is 20.3 Å². The molecule has 1 rings (SSSR count). The highest BCUT2D eigenvalue weighted by Gasteiger charge is 2.35. The Hall–Kier alpha value is 0.690. The fourth-order valence-corrected chi connectivity index (χ4v) is 4.10. The minimum atomic E-state index is -2.92. The van der Waals surface area contributed by atoms with Gasteiger partial charge in [-0.25, -0.2) is 9.76 Å². The lowest BCUT2D eigenvalue weighted by molar-refractivity contribution is 0.202. The van der Waals surface area contributed by atoms with Crippen LogP contribution < -0.4 is 5.09 Å². The van der Waals surface area contributed by atoms with E-state index in [9.17, 15) is 4.57 Å². The monoisotopic (exact) mass is 288 g/mol. The van der Waals surface area contributed by atoms with Crippen LogP contribution in [-0.4, -0.2) is 41.7 Å². The third-order valence-corrected chi connectivity index (χ3v) is 4.78. The SMILES string of the molecule is CC(C)(Cl)CNP1(=O)OCCCN1CCCl. The van der Waals surface area contributed by atoms with E-state index in [2.05, 4.69) is 5.09 Å². The predicted octanol–water partition coefficient (Wildman–Crippen LogP) is 2.66. The van der Waals surface area contributed by atoms with E-state index in [1.54, 1.807) is 4.67 Å². The van der Waals surface area contributed by atoms with Gasteiger partial charge in [0.2, 0.25) is 0 Å². The van der Waals surface area contributed by atoms with Crippen LogP contribution in [0.2, 0.25) is 0 Å². The molecule has 1 aliphatic rings. The second kappa shape index (κ2) is 6.03. The molecule has 4 nitrogen and oxygen atoms in total. The average Bonchev–Trinajstić information content (AvgIpc) is 2.19. The van der Waals surface area contributed by atoms with Gasteiger partial charge < -0.3 is 4.52 Å². The van der Waals surface area contributed by atoms with E-state index in [1.165, 1.54) is 0 Å². The number of hydrogen-bond acceptors (Lipinski definition) is 2. The van der Waals surface area contributed by atoms with Crippen molar-refractivity contribution in [3.63, 3.8) is 0 Å². The zero-order valence-corrected chi connectivity index (χ0v) is 12.1. The standard InChI is InChI=1S/C9H19Cl2N2O2P/c1-9(2,11)8-12-16(14)13(6-4-10)5-3-7-15-16/h3-8H2,1-2H3,(H,12,14). The van der Waals surface area contributed by atoms with Crippen LogP contribution >= 0.6 is 30.9 Å². The van der Waals surface area contributed by atoms with Crippen molar-refractivity contribution < 1.29 is 9.09 Å². The van der Waals surface area contributed by atoms with E-state index in [-0.39, 0.29) is 0 Å². The van der Waals surface area contributed by atoms with Gasteiger partial charge in [-0.15, -0.1) is 23.2 Å². The maximum Gasteiger partial charge on any atom is 0.343 e. The second-order valence-electron chi connectivity index (χ2n) is 4.40. The summed E-state index contributed by atoms with van der Waals surface area (Å²) in [6, 6.07) is 0. The Morgan fingerprint density at radius 2 is 2.25 bits per heavy atom. The summed E-state index contributed by atoms with van der Waals surface area (Å²) >= 11 is 11.7. The number of rotatable bonds is 5. The Balaban J connectivity index is 2.60. The van der Waals surface area contributed by atoms with Crippen molar-refractivity contribution in [3.05, 3.63) is 0 Å². The molecule has 96 valence electrons. The fraction of sp³-hybridized carbons (Fsp3) is 1.00. The molecular formula is C9H19Cl2N2O2P. The summed E-state index contributed by atoms with van der Waals surface area (Å²) in [5, 5.41) is 2.94. The summed E-state index contributed by atoms with van der Waals surface area (Å²) in [5.74, 6) is 0.444. The minimum Gasteiger partial charge on any atom is -0.306 e. The third-order valence-electron chi connectivity index (χ3n) is 2.24. The molecule has 1 aliphatic heterocycles. The molecule has 0 saturated carbocycles. The lowest BCUT2D eigenvalue weighted by Crippen LogP contribution is -2.39. The van der Waals surface area contributed by atoms with Crippen LogP contribution in [-0.2, 0) is 9.09 Å². The van der Waals surface area contributed by atoms with Crippen molar-refractivity contribution in [1.82, 2.24) is 9.76 Å². The zero-order chi connectivity index (χ0) is 12.2. The summed E-state index contributed by atoms with van der Waals surface area (Å²) in [5.41, 5.74) is 0. The van der Waals surface area contributed by atoms with E-state index in [4.69, 9.17) is 27.7 Å². The number of hydrogen-bond donors (Lipinski definition) is 1. The summed E-state index contributed by atoms with van der Waals surface area (Å²) < 4.78 is 19.6. The lowest BCUT2D eigenvalue weighted by atomic mass is 10.2. The lowest BCUT2D eigenvalue weighted by Gasteiger charge is -2.35. The van der Waals surface area contributed by atoms with Crippen molar-refractivity contribution in [2.75, 3.05) is 32.1 Å². The molecule has 0 bridgehead atoms. The van der Waals surface area contributed by atoms with E-state index in [0.29, 0.717) is 25.6 Å². The normalized spacial score (nSPS) is 28.2. The minimum absolute atomic E-state index is 0.435. The van der Waals surface area contributed by atoms with Crippen molar-refractivity contribution >= 4 is 30.9 Å². The van der Waals surface area contributed by atoms with Crippen LogP contribution in [0, 0.1) is 0 Å². The van der Waals surface area contributed by atoms with E-state index >= 15 is 0 Å². The summed E-state index contributed by atoms with van der Waals surface area (Å²) in [4.78, 5) is -0.440. The van der Waals surface area contributed by atoms with Crippen molar-refractivity contribution in [2.45, 2.75) is 25.1 Å². The van der Waals surface area contributed by atoms with Gasteiger partial charge in [-0.1, -0.05) is 0 Å². The van der Waals surface area contributed by atoms with Gasteiger partial charge in [-0.3, -0.25) is 4.57 Å². The molecule has 7 heteroatoms. The maximum atomic E-state index is 12.5. The molecule has 1 fully saturated rings. The number of halogens is 2. The molecule has 0 aromatic rings. The Bertz CT molecular complexity index is 269. The molecule has 1 saturated heterocycles. The van der Waals surface area contributed by atoms with Gasteiger partial charge in [-0.2, -0.15) is 0 Å². The fourth-order valence-electron chi connectivity index (χ4n) is 1.42. The first-order chi connectivity index (χ1) is 7.37. The first kappa shape index (κ1) is 14.7. The van der Waals surface area contributed by atoms with E-state index < -0.39 is 12.5 Å². The highest BCUT2D eigenvalue weighted by atomic mass is 35.5. The number of nitrogens with one attached hydrogen (secondary N) is 1. The molecule has 0 radical (unpaired) electrons. The Kier molecular flexibility index (Phi) is 5.56. The molecule has 0 aromatic carbocycles.